The molecule has 21 heavy (non-hydrogen) atoms. The van der Waals surface area contributed by atoms with E-state index in [-0.39, 0.29) is 12.5 Å². The van der Waals surface area contributed by atoms with Gasteiger partial charge in [0.2, 0.25) is 5.91 Å². The fourth-order valence-corrected chi connectivity index (χ4v) is 2.25. The largest absolute Gasteiger partial charge is 0.497 e. The van der Waals surface area contributed by atoms with E-state index in [1.807, 2.05) is 48.5 Å². The molecule has 0 aliphatic heterocycles. The number of hydrogen-bond donors (Lipinski definition) is 2. The number of anilines is 1. The van der Waals surface area contributed by atoms with Crippen molar-refractivity contribution in [3.63, 3.8) is 0 Å². The monoisotopic (exact) mass is 348 g/mol. The molecule has 2 aromatic rings. The fraction of sp³-hybridized carbons (Fsp3) is 0.188. The summed E-state index contributed by atoms with van der Waals surface area (Å²) in [5, 5.41) is 5.96. The maximum absolute atomic E-state index is 11.8. The SMILES string of the molecule is COc1cccc(CNC(=O)CNc2ccccc2Br)c1. The van der Waals surface area contributed by atoms with E-state index in [2.05, 4.69) is 26.6 Å². The molecule has 110 valence electrons. The maximum Gasteiger partial charge on any atom is 0.239 e. The highest BCUT2D eigenvalue weighted by Crippen LogP contribution is 2.20. The van der Waals surface area contributed by atoms with Crippen molar-refractivity contribution in [2.24, 2.45) is 0 Å². The summed E-state index contributed by atoms with van der Waals surface area (Å²) in [4.78, 5) is 11.8. The number of methoxy groups -OCH3 is 1. The first-order valence-corrected chi connectivity index (χ1v) is 7.36. The van der Waals surface area contributed by atoms with Crippen LogP contribution in [0, 0.1) is 0 Å². The molecule has 0 aliphatic carbocycles. The predicted molar refractivity (Wildman–Crippen MR) is 87.5 cm³/mol. The van der Waals surface area contributed by atoms with Crippen LogP contribution in [0.1, 0.15) is 5.56 Å². The minimum Gasteiger partial charge on any atom is -0.497 e. The Morgan fingerprint density at radius 2 is 2.00 bits per heavy atom. The predicted octanol–water partition coefficient (Wildman–Crippen LogP) is 3.19. The van der Waals surface area contributed by atoms with Crippen LogP contribution in [-0.2, 0) is 11.3 Å². The number of hydrogen-bond acceptors (Lipinski definition) is 3. The molecule has 0 unspecified atom stereocenters. The van der Waals surface area contributed by atoms with Gasteiger partial charge in [0, 0.05) is 16.7 Å². The van der Waals surface area contributed by atoms with Crippen LogP contribution in [0.3, 0.4) is 0 Å². The summed E-state index contributed by atoms with van der Waals surface area (Å²) in [5.74, 6) is 0.724. The van der Waals surface area contributed by atoms with Crippen LogP contribution < -0.4 is 15.4 Å². The van der Waals surface area contributed by atoms with Gasteiger partial charge in [0.25, 0.3) is 0 Å². The van der Waals surface area contributed by atoms with Crippen molar-refractivity contribution in [3.05, 3.63) is 58.6 Å². The lowest BCUT2D eigenvalue weighted by atomic mass is 10.2. The molecule has 5 heteroatoms. The Kier molecular flexibility index (Phi) is 5.63. The number of carbonyl (C=O) groups is 1. The summed E-state index contributed by atoms with van der Waals surface area (Å²) >= 11 is 3.43. The van der Waals surface area contributed by atoms with Gasteiger partial charge < -0.3 is 15.4 Å². The molecule has 2 N–H and O–H groups in total. The molecule has 4 nitrogen and oxygen atoms in total. The number of ether oxygens (including phenoxy) is 1. The molecule has 0 saturated heterocycles. The van der Waals surface area contributed by atoms with Gasteiger partial charge in [0.05, 0.1) is 13.7 Å². The molecule has 0 radical (unpaired) electrons. The Bertz CT molecular complexity index is 617. The van der Waals surface area contributed by atoms with Crippen molar-refractivity contribution < 1.29 is 9.53 Å². The van der Waals surface area contributed by atoms with Gasteiger partial charge >= 0.3 is 0 Å². The minimum absolute atomic E-state index is 0.0615. The number of halogens is 1. The number of para-hydroxylation sites is 1. The van der Waals surface area contributed by atoms with Gasteiger partial charge in [0.15, 0.2) is 0 Å². The normalized spacial score (nSPS) is 10.0. The first kappa shape index (κ1) is 15.4. The Morgan fingerprint density at radius 1 is 1.19 bits per heavy atom. The zero-order valence-corrected chi connectivity index (χ0v) is 13.3. The van der Waals surface area contributed by atoms with Crippen LogP contribution in [0.2, 0.25) is 0 Å². The zero-order valence-electron chi connectivity index (χ0n) is 11.7. The topological polar surface area (TPSA) is 50.4 Å². The van der Waals surface area contributed by atoms with Gasteiger partial charge in [0.1, 0.15) is 5.75 Å². The second-order valence-corrected chi connectivity index (χ2v) is 5.32. The van der Waals surface area contributed by atoms with E-state index < -0.39 is 0 Å². The quantitative estimate of drug-likeness (QED) is 0.842. The van der Waals surface area contributed by atoms with Crippen molar-refractivity contribution in [1.29, 1.82) is 0 Å². The molecule has 1 amide bonds. The Balaban J connectivity index is 1.81. The van der Waals surface area contributed by atoms with Crippen molar-refractivity contribution in [2.45, 2.75) is 6.54 Å². The molecule has 0 bridgehead atoms. The van der Waals surface area contributed by atoms with Crippen molar-refractivity contribution in [3.8, 4) is 5.75 Å². The molecule has 0 heterocycles. The van der Waals surface area contributed by atoms with Gasteiger partial charge in [-0.25, -0.2) is 0 Å². The van der Waals surface area contributed by atoms with E-state index in [1.54, 1.807) is 7.11 Å². The number of carbonyl (C=O) groups excluding carboxylic acids is 1. The molecule has 2 rings (SSSR count). The number of rotatable bonds is 6. The van der Waals surface area contributed by atoms with Crippen molar-refractivity contribution in [1.82, 2.24) is 5.32 Å². The molecule has 0 atom stereocenters. The number of nitrogens with one attached hydrogen (secondary N) is 2. The summed E-state index contributed by atoms with van der Waals surface area (Å²) in [5.41, 5.74) is 1.90. The lowest BCUT2D eigenvalue weighted by Crippen LogP contribution is -2.29. The minimum atomic E-state index is -0.0615. The van der Waals surface area contributed by atoms with Crippen LogP contribution in [0.15, 0.2) is 53.0 Å². The van der Waals surface area contributed by atoms with Gasteiger partial charge in [-0.15, -0.1) is 0 Å². The summed E-state index contributed by atoms with van der Waals surface area (Å²) in [7, 11) is 1.62. The van der Waals surface area contributed by atoms with E-state index in [0.29, 0.717) is 6.54 Å². The van der Waals surface area contributed by atoms with Crippen LogP contribution in [0.4, 0.5) is 5.69 Å². The third kappa shape index (κ3) is 4.79. The van der Waals surface area contributed by atoms with E-state index in [1.165, 1.54) is 0 Å². The highest BCUT2D eigenvalue weighted by atomic mass is 79.9. The smallest absolute Gasteiger partial charge is 0.239 e. The molecular weight excluding hydrogens is 332 g/mol. The molecule has 0 saturated carbocycles. The Labute approximate surface area is 132 Å². The average molecular weight is 349 g/mol. The number of amides is 1. The number of benzene rings is 2. The third-order valence-corrected chi connectivity index (χ3v) is 3.63. The van der Waals surface area contributed by atoms with Crippen LogP contribution in [0.5, 0.6) is 5.75 Å². The van der Waals surface area contributed by atoms with E-state index in [0.717, 1.165) is 21.5 Å². The molecule has 0 aliphatic rings. The average Bonchev–Trinajstić information content (AvgIpc) is 2.52. The van der Waals surface area contributed by atoms with Gasteiger partial charge in [-0.1, -0.05) is 24.3 Å². The molecule has 2 aromatic carbocycles. The summed E-state index contributed by atoms with van der Waals surface area (Å²) in [6, 6.07) is 15.3. The first-order chi connectivity index (χ1) is 10.2. The second kappa shape index (κ2) is 7.69. The first-order valence-electron chi connectivity index (χ1n) is 6.57. The molecule has 0 spiro atoms. The van der Waals surface area contributed by atoms with Gasteiger partial charge in [-0.2, -0.15) is 0 Å². The summed E-state index contributed by atoms with van der Waals surface area (Å²) < 4.78 is 6.09. The van der Waals surface area contributed by atoms with Crippen LogP contribution >= 0.6 is 15.9 Å². The van der Waals surface area contributed by atoms with Gasteiger partial charge in [-0.05, 0) is 45.8 Å². The van der Waals surface area contributed by atoms with Crippen molar-refractivity contribution in [2.75, 3.05) is 19.0 Å². The second-order valence-electron chi connectivity index (χ2n) is 4.46. The van der Waals surface area contributed by atoms with Crippen LogP contribution in [-0.4, -0.2) is 19.6 Å². The third-order valence-electron chi connectivity index (χ3n) is 2.94. The summed E-state index contributed by atoms with van der Waals surface area (Å²) in [6.07, 6.45) is 0. The summed E-state index contributed by atoms with van der Waals surface area (Å²) in [6.45, 7) is 0.709. The molecular formula is C16H17BrN2O2. The van der Waals surface area contributed by atoms with E-state index in [4.69, 9.17) is 4.74 Å². The lowest BCUT2D eigenvalue weighted by Gasteiger charge is -2.09. The zero-order chi connectivity index (χ0) is 15.1. The lowest BCUT2D eigenvalue weighted by molar-refractivity contribution is -0.119. The molecule has 0 fully saturated rings. The van der Waals surface area contributed by atoms with Crippen LogP contribution in [0.25, 0.3) is 0 Å². The highest BCUT2D eigenvalue weighted by molar-refractivity contribution is 9.10. The fourth-order valence-electron chi connectivity index (χ4n) is 1.83. The highest BCUT2D eigenvalue weighted by Gasteiger charge is 2.03. The van der Waals surface area contributed by atoms with E-state index in [9.17, 15) is 4.79 Å². The standard InChI is InChI=1S/C16H17BrN2O2/c1-21-13-6-4-5-12(9-13)10-19-16(20)11-18-15-8-3-2-7-14(15)17/h2-9,18H,10-11H2,1H3,(H,19,20). The Hall–Kier alpha value is -2.01. The van der Waals surface area contributed by atoms with Crippen molar-refractivity contribution >= 4 is 27.5 Å². The Morgan fingerprint density at radius 3 is 2.76 bits per heavy atom. The van der Waals surface area contributed by atoms with E-state index >= 15 is 0 Å². The molecule has 0 aromatic heterocycles. The maximum atomic E-state index is 11.8. The van der Waals surface area contributed by atoms with Gasteiger partial charge in [-0.3, -0.25) is 4.79 Å².